The number of benzene rings is 2. The van der Waals surface area contributed by atoms with Gasteiger partial charge in [-0.15, -0.1) is 0 Å². The highest BCUT2D eigenvalue weighted by Crippen LogP contribution is 2.25. The SMILES string of the molecule is Nc1cccc(Cl)c1Cn1ccnc1-c1ccccc1. The summed E-state index contributed by atoms with van der Waals surface area (Å²) in [6.07, 6.45) is 3.72. The molecule has 0 fully saturated rings. The molecule has 0 spiro atoms. The lowest BCUT2D eigenvalue weighted by molar-refractivity contribution is 0.809. The Morgan fingerprint density at radius 2 is 1.85 bits per heavy atom. The quantitative estimate of drug-likeness (QED) is 0.742. The van der Waals surface area contributed by atoms with Crippen molar-refractivity contribution in [2.75, 3.05) is 5.73 Å². The van der Waals surface area contributed by atoms with Gasteiger partial charge >= 0.3 is 0 Å². The molecule has 0 saturated heterocycles. The van der Waals surface area contributed by atoms with Gasteiger partial charge < -0.3 is 10.3 Å². The van der Waals surface area contributed by atoms with Gasteiger partial charge in [0.2, 0.25) is 0 Å². The smallest absolute Gasteiger partial charge is 0.140 e. The lowest BCUT2D eigenvalue weighted by atomic mass is 10.1. The van der Waals surface area contributed by atoms with Crippen LogP contribution in [0.25, 0.3) is 11.4 Å². The zero-order valence-corrected chi connectivity index (χ0v) is 11.6. The molecule has 2 N–H and O–H groups in total. The number of hydrogen-bond donors (Lipinski definition) is 1. The van der Waals surface area contributed by atoms with Gasteiger partial charge in [-0.3, -0.25) is 0 Å². The summed E-state index contributed by atoms with van der Waals surface area (Å²) < 4.78 is 2.05. The summed E-state index contributed by atoms with van der Waals surface area (Å²) in [5.74, 6) is 0.907. The average Bonchev–Trinajstić information content (AvgIpc) is 2.92. The van der Waals surface area contributed by atoms with Gasteiger partial charge in [-0.25, -0.2) is 4.98 Å². The molecule has 2 aromatic carbocycles. The van der Waals surface area contributed by atoms with Crippen LogP contribution in [0.5, 0.6) is 0 Å². The van der Waals surface area contributed by atoms with E-state index in [0.717, 1.165) is 17.0 Å². The fraction of sp³-hybridized carbons (Fsp3) is 0.0625. The van der Waals surface area contributed by atoms with Crippen molar-refractivity contribution in [2.45, 2.75) is 6.54 Å². The second-order valence-corrected chi connectivity index (χ2v) is 4.96. The Morgan fingerprint density at radius 1 is 1.05 bits per heavy atom. The summed E-state index contributed by atoms with van der Waals surface area (Å²) in [6, 6.07) is 15.6. The average molecular weight is 284 g/mol. The van der Waals surface area contributed by atoms with Crippen molar-refractivity contribution in [3.05, 3.63) is 71.5 Å². The van der Waals surface area contributed by atoms with Crippen molar-refractivity contribution >= 4 is 17.3 Å². The standard InChI is InChI=1S/C16H14ClN3/c17-14-7-4-8-15(18)13(14)11-20-10-9-19-16(20)12-5-2-1-3-6-12/h1-10H,11,18H2. The number of nitrogens with zero attached hydrogens (tertiary/aromatic N) is 2. The van der Waals surface area contributed by atoms with Crippen molar-refractivity contribution in [3.63, 3.8) is 0 Å². The van der Waals surface area contributed by atoms with E-state index in [0.29, 0.717) is 17.3 Å². The van der Waals surface area contributed by atoms with E-state index in [9.17, 15) is 0 Å². The van der Waals surface area contributed by atoms with Gasteiger partial charge in [-0.05, 0) is 12.1 Å². The highest BCUT2D eigenvalue weighted by molar-refractivity contribution is 6.31. The second-order valence-electron chi connectivity index (χ2n) is 4.55. The summed E-state index contributed by atoms with van der Waals surface area (Å²) >= 11 is 6.23. The predicted octanol–water partition coefficient (Wildman–Crippen LogP) is 3.83. The minimum atomic E-state index is 0.607. The molecule has 0 amide bonds. The molecule has 100 valence electrons. The van der Waals surface area contributed by atoms with Crippen LogP contribution >= 0.6 is 11.6 Å². The van der Waals surface area contributed by atoms with E-state index in [2.05, 4.69) is 4.98 Å². The van der Waals surface area contributed by atoms with Crippen LogP contribution in [0.4, 0.5) is 5.69 Å². The normalized spacial score (nSPS) is 10.7. The maximum absolute atomic E-state index is 6.23. The van der Waals surface area contributed by atoms with Crippen molar-refractivity contribution in [3.8, 4) is 11.4 Å². The third-order valence-electron chi connectivity index (χ3n) is 3.23. The van der Waals surface area contributed by atoms with Gasteiger partial charge in [-0.2, -0.15) is 0 Å². The third kappa shape index (κ3) is 2.40. The van der Waals surface area contributed by atoms with Crippen LogP contribution in [-0.2, 0) is 6.54 Å². The largest absolute Gasteiger partial charge is 0.398 e. The molecule has 0 atom stereocenters. The molecule has 0 aliphatic heterocycles. The Hall–Kier alpha value is -2.26. The number of anilines is 1. The molecule has 0 radical (unpaired) electrons. The van der Waals surface area contributed by atoms with Crippen LogP contribution in [-0.4, -0.2) is 9.55 Å². The molecule has 3 nitrogen and oxygen atoms in total. The van der Waals surface area contributed by atoms with Gasteiger partial charge in [0.1, 0.15) is 5.82 Å². The maximum atomic E-state index is 6.23. The van der Waals surface area contributed by atoms with Gasteiger partial charge in [-0.1, -0.05) is 48.0 Å². The monoisotopic (exact) mass is 283 g/mol. The van der Waals surface area contributed by atoms with Gasteiger partial charge in [0.25, 0.3) is 0 Å². The maximum Gasteiger partial charge on any atom is 0.140 e. The van der Waals surface area contributed by atoms with Crippen LogP contribution in [0.2, 0.25) is 5.02 Å². The molecule has 1 heterocycles. The molecular formula is C16H14ClN3. The Labute approximate surface area is 122 Å². The Morgan fingerprint density at radius 3 is 2.60 bits per heavy atom. The molecule has 0 bridgehead atoms. The molecule has 20 heavy (non-hydrogen) atoms. The molecule has 3 rings (SSSR count). The molecule has 0 aliphatic rings. The second kappa shape index (κ2) is 5.39. The molecule has 0 saturated carbocycles. The molecule has 0 unspecified atom stereocenters. The van der Waals surface area contributed by atoms with Crippen molar-refractivity contribution in [1.29, 1.82) is 0 Å². The first kappa shape index (κ1) is 12.8. The summed E-state index contributed by atoms with van der Waals surface area (Å²) in [5, 5.41) is 0.678. The van der Waals surface area contributed by atoms with Crippen LogP contribution in [0.15, 0.2) is 60.9 Å². The van der Waals surface area contributed by atoms with E-state index >= 15 is 0 Å². The lowest BCUT2D eigenvalue weighted by Gasteiger charge is -2.11. The summed E-state index contributed by atoms with van der Waals surface area (Å²) in [5.41, 5.74) is 8.70. The lowest BCUT2D eigenvalue weighted by Crippen LogP contribution is -2.04. The third-order valence-corrected chi connectivity index (χ3v) is 3.59. The number of rotatable bonds is 3. The van der Waals surface area contributed by atoms with E-state index < -0.39 is 0 Å². The number of hydrogen-bond acceptors (Lipinski definition) is 2. The molecule has 1 aromatic heterocycles. The summed E-state index contributed by atoms with van der Waals surface area (Å²) in [6.45, 7) is 0.607. The van der Waals surface area contributed by atoms with Gasteiger partial charge in [0.15, 0.2) is 0 Å². The fourth-order valence-electron chi connectivity index (χ4n) is 2.20. The van der Waals surface area contributed by atoms with Crippen LogP contribution in [0, 0.1) is 0 Å². The first-order valence-electron chi connectivity index (χ1n) is 6.35. The number of imidazole rings is 1. The van der Waals surface area contributed by atoms with E-state index in [1.165, 1.54) is 0 Å². The highest BCUT2D eigenvalue weighted by Gasteiger charge is 2.09. The van der Waals surface area contributed by atoms with Crippen molar-refractivity contribution < 1.29 is 0 Å². The first-order valence-corrected chi connectivity index (χ1v) is 6.73. The van der Waals surface area contributed by atoms with E-state index in [1.54, 1.807) is 6.20 Å². The van der Waals surface area contributed by atoms with Crippen LogP contribution in [0.1, 0.15) is 5.56 Å². The zero-order chi connectivity index (χ0) is 13.9. The summed E-state index contributed by atoms with van der Waals surface area (Å²) in [4.78, 5) is 4.42. The van der Waals surface area contributed by atoms with Gasteiger partial charge in [0.05, 0.1) is 6.54 Å². The first-order chi connectivity index (χ1) is 9.75. The number of aromatic nitrogens is 2. The minimum absolute atomic E-state index is 0.607. The molecule has 0 aliphatic carbocycles. The zero-order valence-electron chi connectivity index (χ0n) is 10.8. The van der Waals surface area contributed by atoms with Crippen LogP contribution in [0.3, 0.4) is 0 Å². The Bertz CT molecular complexity index is 699. The fourth-order valence-corrected chi connectivity index (χ4v) is 2.44. The Balaban J connectivity index is 1.99. The summed E-state index contributed by atoms with van der Waals surface area (Å²) in [7, 11) is 0. The number of nitrogen functional groups attached to an aromatic ring is 1. The molecular weight excluding hydrogens is 270 g/mol. The molecule has 3 aromatic rings. The van der Waals surface area contributed by atoms with Crippen LogP contribution < -0.4 is 5.73 Å². The number of halogens is 1. The van der Waals surface area contributed by atoms with E-state index in [1.807, 2.05) is 59.3 Å². The predicted molar refractivity (Wildman–Crippen MR) is 82.6 cm³/mol. The van der Waals surface area contributed by atoms with E-state index in [4.69, 9.17) is 17.3 Å². The van der Waals surface area contributed by atoms with Gasteiger partial charge in [0, 0.05) is 34.2 Å². The van der Waals surface area contributed by atoms with E-state index in [-0.39, 0.29) is 0 Å². The van der Waals surface area contributed by atoms with Crippen molar-refractivity contribution in [1.82, 2.24) is 9.55 Å². The highest BCUT2D eigenvalue weighted by atomic mass is 35.5. The topological polar surface area (TPSA) is 43.8 Å². The van der Waals surface area contributed by atoms with Crippen molar-refractivity contribution in [2.24, 2.45) is 0 Å². The Kier molecular flexibility index (Phi) is 3.44. The number of nitrogens with two attached hydrogens (primary N) is 1. The minimum Gasteiger partial charge on any atom is -0.398 e. The molecule has 4 heteroatoms.